The molecule has 130 valence electrons. The second kappa shape index (κ2) is 8.50. The van der Waals surface area contributed by atoms with E-state index in [4.69, 9.17) is 15.9 Å². The summed E-state index contributed by atoms with van der Waals surface area (Å²) in [5.41, 5.74) is 4.91. The predicted octanol–water partition coefficient (Wildman–Crippen LogP) is 1.87. The molecule has 23 heavy (non-hydrogen) atoms. The average molecular weight is 326 g/mol. The summed E-state index contributed by atoms with van der Waals surface area (Å²) in [5.74, 6) is -0.591. The molecule has 1 rings (SSSR count). The first-order chi connectivity index (χ1) is 10.8. The lowest BCUT2D eigenvalue weighted by Gasteiger charge is -2.39. The topological polar surface area (TPSA) is 123 Å². The molecule has 1 aliphatic rings. The summed E-state index contributed by atoms with van der Waals surface area (Å²) in [6.07, 6.45) is 4.66. The summed E-state index contributed by atoms with van der Waals surface area (Å²) in [6.45, 7) is 3.86. The molecule has 0 radical (unpaired) electrons. The van der Waals surface area contributed by atoms with Gasteiger partial charge in [-0.15, -0.1) is 0 Å². The van der Waals surface area contributed by atoms with Crippen LogP contribution in [-0.4, -0.2) is 40.8 Å². The smallest absolute Gasteiger partial charge is 0.326 e. The van der Waals surface area contributed by atoms with Crippen molar-refractivity contribution in [1.82, 2.24) is 4.90 Å². The number of ether oxygens (including phenoxy) is 1. The molecular weight excluding hydrogens is 300 g/mol. The summed E-state index contributed by atoms with van der Waals surface area (Å²) in [7, 11) is 1.31. The van der Waals surface area contributed by atoms with Gasteiger partial charge in [0.25, 0.3) is 0 Å². The van der Waals surface area contributed by atoms with Crippen LogP contribution in [0.5, 0.6) is 0 Å². The highest BCUT2D eigenvalue weighted by Gasteiger charge is 2.37. The van der Waals surface area contributed by atoms with Gasteiger partial charge in [-0.2, -0.15) is 0 Å². The zero-order chi connectivity index (χ0) is 17.6. The number of nitrogens with one attached hydrogen (secondary N) is 1. The number of carbonyl (C=O) groups excluding carboxylic acids is 1. The van der Waals surface area contributed by atoms with Gasteiger partial charge in [0, 0.05) is 12.1 Å². The Balaban J connectivity index is 3.18. The lowest BCUT2D eigenvalue weighted by Crippen LogP contribution is -2.50. The zero-order valence-corrected chi connectivity index (χ0v) is 13.9. The van der Waals surface area contributed by atoms with E-state index in [0.717, 1.165) is 31.9 Å². The van der Waals surface area contributed by atoms with Crippen molar-refractivity contribution >= 4 is 11.8 Å². The molecule has 1 aliphatic carbocycles. The van der Waals surface area contributed by atoms with E-state index in [2.05, 4.69) is 0 Å². The van der Waals surface area contributed by atoms with Gasteiger partial charge < -0.3 is 15.4 Å². The average Bonchev–Trinajstić information content (AvgIpc) is 3.00. The quantitative estimate of drug-likeness (QED) is 0.242. The van der Waals surface area contributed by atoms with Crippen LogP contribution >= 0.6 is 0 Å². The number of nitrogens with zero attached hydrogens (tertiary/aromatic N) is 2. The predicted molar refractivity (Wildman–Crippen MR) is 86.3 cm³/mol. The number of hydrogen-bond donors (Lipinski definition) is 2. The number of esters is 1. The van der Waals surface area contributed by atoms with Crippen LogP contribution < -0.4 is 5.73 Å². The molecule has 3 N–H and O–H groups in total. The SMILES string of the molecule is COC(=O)CC(C(C)C)N(C(=N)C(=CN)[N+](=O)[O-])C1CCCC1. The van der Waals surface area contributed by atoms with E-state index in [-0.39, 0.29) is 36.2 Å². The van der Waals surface area contributed by atoms with Gasteiger partial charge in [0.1, 0.15) is 0 Å². The fourth-order valence-corrected chi connectivity index (χ4v) is 3.07. The highest BCUT2D eigenvalue weighted by molar-refractivity contribution is 5.94. The van der Waals surface area contributed by atoms with E-state index in [1.54, 1.807) is 4.90 Å². The molecule has 0 aromatic heterocycles. The van der Waals surface area contributed by atoms with Crippen molar-refractivity contribution in [3.05, 3.63) is 22.0 Å². The highest BCUT2D eigenvalue weighted by Crippen LogP contribution is 2.30. The normalized spacial score (nSPS) is 17.1. The van der Waals surface area contributed by atoms with Gasteiger partial charge in [0.2, 0.25) is 5.84 Å². The standard InChI is InChI=1S/C15H26N4O4/c1-10(2)12(8-14(20)23-3)18(11-6-4-5-7-11)15(17)13(9-16)19(21)22/h9-12,17H,4-8,16H2,1-3H3. The van der Waals surface area contributed by atoms with Crippen molar-refractivity contribution in [3.8, 4) is 0 Å². The monoisotopic (exact) mass is 326 g/mol. The lowest BCUT2D eigenvalue weighted by atomic mass is 9.96. The first kappa shape index (κ1) is 18.9. The number of amidine groups is 1. The summed E-state index contributed by atoms with van der Waals surface area (Å²) >= 11 is 0. The Morgan fingerprint density at radius 3 is 2.43 bits per heavy atom. The number of rotatable bonds is 7. The third-order valence-electron chi connectivity index (χ3n) is 4.30. The molecule has 1 unspecified atom stereocenters. The molecule has 0 saturated heterocycles. The van der Waals surface area contributed by atoms with Gasteiger partial charge in [0.15, 0.2) is 0 Å². The van der Waals surface area contributed by atoms with Gasteiger partial charge in [0.05, 0.1) is 24.7 Å². The second-order valence-electron chi connectivity index (χ2n) is 6.09. The van der Waals surface area contributed by atoms with Crippen LogP contribution in [-0.2, 0) is 9.53 Å². The zero-order valence-electron chi connectivity index (χ0n) is 13.9. The minimum Gasteiger partial charge on any atom is -0.469 e. The minimum absolute atomic E-state index is 0.00876. The molecule has 1 saturated carbocycles. The van der Waals surface area contributed by atoms with Gasteiger partial charge in [-0.25, -0.2) is 0 Å². The molecule has 0 aromatic carbocycles. The summed E-state index contributed by atoms with van der Waals surface area (Å²) in [4.78, 5) is 24.0. The summed E-state index contributed by atoms with van der Waals surface area (Å²) < 4.78 is 4.75. The molecule has 1 fully saturated rings. The van der Waals surface area contributed by atoms with Crippen LogP contribution in [0, 0.1) is 21.4 Å². The first-order valence-corrected chi connectivity index (χ1v) is 7.83. The van der Waals surface area contributed by atoms with Crippen LogP contribution in [0.25, 0.3) is 0 Å². The number of nitro groups is 1. The van der Waals surface area contributed by atoms with E-state index in [1.165, 1.54) is 7.11 Å². The van der Waals surface area contributed by atoms with E-state index in [9.17, 15) is 14.9 Å². The molecule has 0 amide bonds. The van der Waals surface area contributed by atoms with Crippen molar-refractivity contribution < 1.29 is 14.5 Å². The maximum absolute atomic E-state index is 11.7. The Morgan fingerprint density at radius 2 is 2.04 bits per heavy atom. The Kier molecular flexibility index (Phi) is 6.99. The van der Waals surface area contributed by atoms with E-state index in [1.807, 2.05) is 13.8 Å². The Labute approximate surface area is 136 Å². The maximum atomic E-state index is 11.7. The first-order valence-electron chi connectivity index (χ1n) is 7.83. The molecule has 1 atom stereocenters. The number of nitrogens with two attached hydrogens (primary N) is 1. The Hall–Kier alpha value is -2.12. The molecular formula is C15H26N4O4. The molecule has 0 spiro atoms. The lowest BCUT2D eigenvalue weighted by molar-refractivity contribution is -0.416. The van der Waals surface area contributed by atoms with Crippen molar-refractivity contribution in [2.75, 3.05) is 7.11 Å². The van der Waals surface area contributed by atoms with Crippen LogP contribution in [0.15, 0.2) is 11.9 Å². The molecule has 8 nitrogen and oxygen atoms in total. The fraction of sp³-hybridized carbons (Fsp3) is 0.733. The van der Waals surface area contributed by atoms with E-state index >= 15 is 0 Å². The van der Waals surface area contributed by atoms with Crippen LogP contribution in [0.1, 0.15) is 46.0 Å². The molecule has 8 heteroatoms. The fourth-order valence-electron chi connectivity index (χ4n) is 3.07. The van der Waals surface area contributed by atoms with E-state index < -0.39 is 10.6 Å². The Morgan fingerprint density at radius 1 is 1.48 bits per heavy atom. The van der Waals surface area contributed by atoms with Gasteiger partial charge in [-0.1, -0.05) is 26.7 Å². The van der Waals surface area contributed by atoms with Crippen LogP contribution in [0.4, 0.5) is 0 Å². The van der Waals surface area contributed by atoms with Gasteiger partial charge in [-0.05, 0) is 18.8 Å². The third-order valence-corrected chi connectivity index (χ3v) is 4.30. The van der Waals surface area contributed by atoms with Crippen LogP contribution in [0.3, 0.4) is 0 Å². The van der Waals surface area contributed by atoms with Crippen molar-refractivity contribution in [2.45, 2.75) is 58.0 Å². The molecule has 0 heterocycles. The summed E-state index contributed by atoms with van der Waals surface area (Å²) in [6, 6.07) is -0.331. The molecule has 0 aromatic rings. The number of hydrogen-bond acceptors (Lipinski definition) is 6. The molecule has 0 bridgehead atoms. The summed E-state index contributed by atoms with van der Waals surface area (Å²) in [5, 5.41) is 19.5. The number of methoxy groups -OCH3 is 1. The molecule has 0 aliphatic heterocycles. The minimum atomic E-state index is -0.653. The van der Waals surface area contributed by atoms with Crippen molar-refractivity contribution in [3.63, 3.8) is 0 Å². The second-order valence-corrected chi connectivity index (χ2v) is 6.09. The van der Waals surface area contributed by atoms with Crippen molar-refractivity contribution in [2.24, 2.45) is 11.7 Å². The van der Waals surface area contributed by atoms with E-state index in [0.29, 0.717) is 0 Å². The number of carbonyl (C=O) groups is 1. The third kappa shape index (κ3) is 4.67. The highest BCUT2D eigenvalue weighted by atomic mass is 16.6. The Bertz CT molecular complexity index is 484. The largest absolute Gasteiger partial charge is 0.469 e. The van der Waals surface area contributed by atoms with Crippen molar-refractivity contribution in [1.29, 1.82) is 5.41 Å². The maximum Gasteiger partial charge on any atom is 0.326 e. The van der Waals surface area contributed by atoms with Gasteiger partial charge >= 0.3 is 11.7 Å². The van der Waals surface area contributed by atoms with Crippen LogP contribution in [0.2, 0.25) is 0 Å². The van der Waals surface area contributed by atoms with Gasteiger partial charge in [-0.3, -0.25) is 20.3 Å².